The van der Waals surface area contributed by atoms with Gasteiger partial charge in [0.1, 0.15) is 5.75 Å². The van der Waals surface area contributed by atoms with Gasteiger partial charge in [0, 0.05) is 11.6 Å². The molecular formula is C18H16BrNO5. The van der Waals surface area contributed by atoms with E-state index in [2.05, 4.69) is 21.2 Å². The summed E-state index contributed by atoms with van der Waals surface area (Å²) < 4.78 is 16.8. The summed E-state index contributed by atoms with van der Waals surface area (Å²) in [6.07, 6.45) is 0. The first-order chi connectivity index (χ1) is 11.9. The van der Waals surface area contributed by atoms with Crippen LogP contribution in [0.25, 0.3) is 0 Å². The average molecular weight is 406 g/mol. The Morgan fingerprint density at radius 1 is 1.20 bits per heavy atom. The summed E-state index contributed by atoms with van der Waals surface area (Å²) in [5.74, 6) is 0.980. The molecule has 0 radical (unpaired) electrons. The van der Waals surface area contributed by atoms with E-state index >= 15 is 0 Å². The number of anilines is 1. The van der Waals surface area contributed by atoms with Crippen LogP contribution in [0.15, 0.2) is 34.8 Å². The van der Waals surface area contributed by atoms with Crippen molar-refractivity contribution in [2.45, 2.75) is 13.8 Å². The van der Waals surface area contributed by atoms with Gasteiger partial charge < -0.3 is 19.5 Å². The lowest BCUT2D eigenvalue weighted by Gasteiger charge is -2.12. The van der Waals surface area contributed by atoms with Gasteiger partial charge >= 0.3 is 0 Å². The Morgan fingerprint density at radius 2 is 1.92 bits per heavy atom. The summed E-state index contributed by atoms with van der Waals surface area (Å²) in [5, 5.41) is 2.69. The molecule has 0 bridgehead atoms. The molecule has 0 atom stereocenters. The van der Waals surface area contributed by atoms with Crippen LogP contribution in [0.3, 0.4) is 0 Å². The van der Waals surface area contributed by atoms with Crippen LogP contribution < -0.4 is 19.5 Å². The van der Waals surface area contributed by atoms with E-state index in [1.165, 1.54) is 6.92 Å². The number of ketones is 1. The SMILES string of the molecule is CC(=O)c1cc2c(cc1NC(=O)COc1ccc(C)cc1Br)OCO2. The summed E-state index contributed by atoms with van der Waals surface area (Å²) in [7, 11) is 0. The van der Waals surface area contributed by atoms with Gasteiger partial charge in [-0.3, -0.25) is 9.59 Å². The topological polar surface area (TPSA) is 73.9 Å². The third kappa shape index (κ3) is 3.93. The molecule has 130 valence electrons. The van der Waals surface area contributed by atoms with Crippen LogP contribution in [0.5, 0.6) is 17.2 Å². The minimum absolute atomic E-state index is 0.0919. The highest BCUT2D eigenvalue weighted by Gasteiger charge is 2.20. The number of hydrogen-bond donors (Lipinski definition) is 1. The van der Waals surface area contributed by atoms with Crippen LogP contribution in [-0.4, -0.2) is 25.1 Å². The molecule has 0 unspecified atom stereocenters. The Bertz CT molecular complexity index is 850. The fourth-order valence-electron chi connectivity index (χ4n) is 2.39. The van der Waals surface area contributed by atoms with Crippen molar-refractivity contribution in [2.75, 3.05) is 18.7 Å². The third-order valence-corrected chi connectivity index (χ3v) is 4.23. The van der Waals surface area contributed by atoms with Crippen molar-refractivity contribution in [1.82, 2.24) is 0 Å². The Hall–Kier alpha value is -2.54. The maximum Gasteiger partial charge on any atom is 0.262 e. The number of amides is 1. The Labute approximate surface area is 153 Å². The lowest BCUT2D eigenvalue weighted by molar-refractivity contribution is -0.118. The van der Waals surface area contributed by atoms with Gasteiger partial charge in [0.2, 0.25) is 6.79 Å². The van der Waals surface area contributed by atoms with Crippen molar-refractivity contribution in [1.29, 1.82) is 0 Å². The molecule has 2 aromatic rings. The molecule has 6 nitrogen and oxygen atoms in total. The lowest BCUT2D eigenvalue weighted by atomic mass is 10.1. The van der Waals surface area contributed by atoms with Crippen molar-refractivity contribution in [3.8, 4) is 17.2 Å². The van der Waals surface area contributed by atoms with Crippen LogP contribution in [-0.2, 0) is 4.79 Å². The van der Waals surface area contributed by atoms with E-state index < -0.39 is 0 Å². The number of halogens is 1. The summed E-state index contributed by atoms with van der Waals surface area (Å²) >= 11 is 3.40. The number of carbonyl (C=O) groups is 2. The Kier molecular flexibility index (Phi) is 4.94. The number of aryl methyl sites for hydroxylation is 1. The number of fused-ring (bicyclic) bond motifs is 1. The normalized spacial score (nSPS) is 12.0. The molecule has 0 spiro atoms. The fraction of sp³-hybridized carbons (Fsp3) is 0.222. The molecule has 1 aliphatic rings. The smallest absolute Gasteiger partial charge is 0.262 e. The summed E-state index contributed by atoms with van der Waals surface area (Å²) in [5.41, 5.74) is 1.80. The van der Waals surface area contributed by atoms with E-state index in [0.717, 1.165) is 10.0 Å². The Morgan fingerprint density at radius 3 is 2.60 bits per heavy atom. The number of carbonyl (C=O) groups excluding carboxylic acids is 2. The molecule has 0 fully saturated rings. The summed E-state index contributed by atoms with van der Waals surface area (Å²) in [4.78, 5) is 24.0. The molecule has 0 saturated heterocycles. The largest absolute Gasteiger partial charge is 0.483 e. The number of nitrogens with one attached hydrogen (secondary N) is 1. The van der Waals surface area contributed by atoms with E-state index in [1.807, 2.05) is 19.1 Å². The van der Waals surface area contributed by atoms with Crippen LogP contribution in [0.1, 0.15) is 22.8 Å². The van der Waals surface area contributed by atoms with E-state index in [0.29, 0.717) is 28.5 Å². The van der Waals surface area contributed by atoms with Gasteiger partial charge in [-0.15, -0.1) is 0 Å². The van der Waals surface area contributed by atoms with Crippen molar-refractivity contribution in [3.63, 3.8) is 0 Å². The molecular weight excluding hydrogens is 390 g/mol. The van der Waals surface area contributed by atoms with Gasteiger partial charge in [-0.1, -0.05) is 6.07 Å². The molecule has 1 aliphatic heterocycles. The quantitative estimate of drug-likeness (QED) is 0.767. The highest BCUT2D eigenvalue weighted by molar-refractivity contribution is 9.10. The second kappa shape index (κ2) is 7.14. The molecule has 1 N–H and O–H groups in total. The highest BCUT2D eigenvalue weighted by atomic mass is 79.9. The molecule has 25 heavy (non-hydrogen) atoms. The van der Waals surface area contributed by atoms with Crippen molar-refractivity contribution < 1.29 is 23.8 Å². The number of hydrogen-bond acceptors (Lipinski definition) is 5. The van der Waals surface area contributed by atoms with Crippen LogP contribution in [0.2, 0.25) is 0 Å². The molecule has 1 amide bonds. The van der Waals surface area contributed by atoms with E-state index in [1.54, 1.807) is 18.2 Å². The zero-order valence-electron chi connectivity index (χ0n) is 13.7. The van der Waals surface area contributed by atoms with E-state index in [4.69, 9.17) is 14.2 Å². The van der Waals surface area contributed by atoms with E-state index in [-0.39, 0.29) is 25.1 Å². The first kappa shape index (κ1) is 17.3. The number of benzene rings is 2. The minimum Gasteiger partial charge on any atom is -0.483 e. The molecule has 7 heteroatoms. The predicted octanol–water partition coefficient (Wildman–Crippen LogP) is 3.71. The predicted molar refractivity (Wildman–Crippen MR) is 95.6 cm³/mol. The highest BCUT2D eigenvalue weighted by Crippen LogP contribution is 2.37. The van der Waals surface area contributed by atoms with Gasteiger partial charge in [0.25, 0.3) is 5.91 Å². The summed E-state index contributed by atoms with van der Waals surface area (Å²) in [6, 6.07) is 8.73. The third-order valence-electron chi connectivity index (χ3n) is 3.61. The monoisotopic (exact) mass is 405 g/mol. The second-order valence-corrected chi connectivity index (χ2v) is 6.43. The van der Waals surface area contributed by atoms with Gasteiger partial charge in [-0.25, -0.2) is 0 Å². The van der Waals surface area contributed by atoms with Crippen LogP contribution in [0, 0.1) is 6.92 Å². The average Bonchev–Trinajstić information content (AvgIpc) is 3.00. The summed E-state index contributed by atoms with van der Waals surface area (Å²) in [6.45, 7) is 3.29. The molecule has 3 rings (SSSR count). The maximum atomic E-state index is 12.2. The molecule has 0 aromatic heterocycles. The zero-order chi connectivity index (χ0) is 18.0. The fourth-order valence-corrected chi connectivity index (χ4v) is 3.00. The van der Waals surface area contributed by atoms with E-state index in [9.17, 15) is 9.59 Å². The van der Waals surface area contributed by atoms with Gasteiger partial charge in [0.15, 0.2) is 23.9 Å². The first-order valence-corrected chi connectivity index (χ1v) is 8.36. The minimum atomic E-state index is -0.381. The lowest BCUT2D eigenvalue weighted by Crippen LogP contribution is -2.21. The molecule has 1 heterocycles. The molecule has 2 aromatic carbocycles. The molecule has 0 aliphatic carbocycles. The zero-order valence-corrected chi connectivity index (χ0v) is 15.3. The van der Waals surface area contributed by atoms with Crippen molar-refractivity contribution in [3.05, 3.63) is 45.9 Å². The standard InChI is InChI=1S/C18H16BrNO5/c1-10-3-4-15(13(19)5-10)23-8-18(22)20-14-7-17-16(24-9-25-17)6-12(14)11(2)21/h3-7H,8-9H2,1-2H3,(H,20,22). The maximum absolute atomic E-state index is 12.2. The van der Waals surface area contributed by atoms with Crippen LogP contribution >= 0.6 is 15.9 Å². The number of rotatable bonds is 5. The van der Waals surface area contributed by atoms with Gasteiger partial charge in [-0.05, 0) is 53.5 Å². The van der Waals surface area contributed by atoms with Crippen molar-refractivity contribution in [2.24, 2.45) is 0 Å². The van der Waals surface area contributed by atoms with Crippen LogP contribution in [0.4, 0.5) is 5.69 Å². The first-order valence-electron chi connectivity index (χ1n) is 7.57. The van der Waals surface area contributed by atoms with Gasteiger partial charge in [-0.2, -0.15) is 0 Å². The van der Waals surface area contributed by atoms with Crippen molar-refractivity contribution >= 4 is 33.3 Å². The molecule has 0 saturated carbocycles. The second-order valence-electron chi connectivity index (χ2n) is 5.58. The Balaban J connectivity index is 1.71. The van der Waals surface area contributed by atoms with Gasteiger partial charge in [0.05, 0.1) is 10.2 Å². The number of Topliss-reactive ketones (excluding diaryl/α,β-unsaturated/α-hetero) is 1. The number of ether oxygens (including phenoxy) is 3.